The number of H-pyrrole nitrogens is 1. The van der Waals surface area contributed by atoms with Gasteiger partial charge in [-0.2, -0.15) is 0 Å². The normalized spacial score (nSPS) is 15.8. The van der Waals surface area contributed by atoms with Crippen LogP contribution in [0.25, 0.3) is 0 Å². The molecule has 0 fully saturated rings. The topological polar surface area (TPSA) is 40.7 Å². The van der Waals surface area contributed by atoms with Gasteiger partial charge < -0.3 is 10.3 Å². The Labute approximate surface area is 86.3 Å². The van der Waals surface area contributed by atoms with E-state index in [9.17, 15) is 0 Å². The van der Waals surface area contributed by atoms with Crippen molar-refractivity contribution in [3.05, 3.63) is 18.2 Å². The molecule has 0 aliphatic heterocycles. The number of aromatic nitrogens is 2. The van der Waals surface area contributed by atoms with Gasteiger partial charge in [0, 0.05) is 18.4 Å². The van der Waals surface area contributed by atoms with E-state index in [1.165, 1.54) is 0 Å². The predicted molar refractivity (Wildman–Crippen MR) is 59.1 cm³/mol. The van der Waals surface area contributed by atoms with Crippen molar-refractivity contribution in [3.63, 3.8) is 0 Å². The molecule has 0 saturated carbocycles. The van der Waals surface area contributed by atoms with Crippen LogP contribution in [0, 0.1) is 5.92 Å². The first-order valence-corrected chi connectivity index (χ1v) is 5.40. The second-order valence-electron chi connectivity index (χ2n) is 4.13. The van der Waals surface area contributed by atoms with E-state index in [0.717, 1.165) is 12.2 Å². The van der Waals surface area contributed by atoms with Crippen molar-refractivity contribution < 1.29 is 0 Å². The number of nitrogens with zero attached hydrogens (tertiary/aromatic N) is 1. The highest BCUT2D eigenvalue weighted by Gasteiger charge is 2.15. The molecule has 0 amide bonds. The van der Waals surface area contributed by atoms with Crippen molar-refractivity contribution in [2.24, 2.45) is 5.92 Å². The van der Waals surface area contributed by atoms with Crippen LogP contribution in [0.5, 0.6) is 0 Å². The van der Waals surface area contributed by atoms with Gasteiger partial charge in [0.1, 0.15) is 5.82 Å². The van der Waals surface area contributed by atoms with E-state index in [1.807, 2.05) is 6.20 Å². The molecule has 80 valence electrons. The number of rotatable bonds is 5. The SMILES string of the molecule is CCC(NC(C)C(C)C)c1ncc[nH]1. The fourth-order valence-corrected chi connectivity index (χ4v) is 1.37. The molecule has 0 aliphatic carbocycles. The summed E-state index contributed by atoms with van der Waals surface area (Å²) < 4.78 is 0. The summed E-state index contributed by atoms with van der Waals surface area (Å²) in [4.78, 5) is 7.44. The number of imidazole rings is 1. The van der Waals surface area contributed by atoms with Crippen LogP contribution in [0.3, 0.4) is 0 Å². The minimum absolute atomic E-state index is 0.349. The highest BCUT2D eigenvalue weighted by Crippen LogP contribution is 2.14. The molecule has 3 nitrogen and oxygen atoms in total. The summed E-state index contributed by atoms with van der Waals surface area (Å²) >= 11 is 0. The maximum Gasteiger partial charge on any atom is 0.123 e. The molecule has 2 unspecified atom stereocenters. The number of hydrogen-bond acceptors (Lipinski definition) is 2. The Morgan fingerprint density at radius 1 is 1.43 bits per heavy atom. The molecule has 3 heteroatoms. The van der Waals surface area contributed by atoms with Gasteiger partial charge in [-0.05, 0) is 19.3 Å². The lowest BCUT2D eigenvalue weighted by Crippen LogP contribution is -2.34. The van der Waals surface area contributed by atoms with Crippen LogP contribution in [-0.4, -0.2) is 16.0 Å². The first-order chi connectivity index (χ1) is 6.65. The van der Waals surface area contributed by atoms with Crippen molar-refractivity contribution >= 4 is 0 Å². The van der Waals surface area contributed by atoms with Crippen LogP contribution >= 0.6 is 0 Å². The van der Waals surface area contributed by atoms with Crippen molar-refractivity contribution in [2.45, 2.75) is 46.2 Å². The van der Waals surface area contributed by atoms with Crippen molar-refractivity contribution in [2.75, 3.05) is 0 Å². The van der Waals surface area contributed by atoms with Crippen molar-refractivity contribution in [1.29, 1.82) is 0 Å². The second kappa shape index (κ2) is 5.15. The highest BCUT2D eigenvalue weighted by molar-refractivity contribution is 4.95. The fraction of sp³-hybridized carbons (Fsp3) is 0.727. The average molecular weight is 195 g/mol. The molecule has 0 aliphatic rings. The maximum absolute atomic E-state index is 4.28. The van der Waals surface area contributed by atoms with Gasteiger partial charge in [0.2, 0.25) is 0 Å². The van der Waals surface area contributed by atoms with Crippen molar-refractivity contribution in [3.8, 4) is 0 Å². The third kappa shape index (κ3) is 2.84. The summed E-state index contributed by atoms with van der Waals surface area (Å²) in [6.07, 6.45) is 4.74. The highest BCUT2D eigenvalue weighted by atomic mass is 15.0. The van der Waals surface area contributed by atoms with Gasteiger partial charge in [-0.3, -0.25) is 0 Å². The summed E-state index contributed by atoms with van der Waals surface area (Å²) in [6.45, 7) is 8.85. The molecule has 0 saturated heterocycles. The molecule has 0 aromatic carbocycles. The van der Waals surface area contributed by atoms with E-state index < -0.39 is 0 Å². The van der Waals surface area contributed by atoms with E-state index in [0.29, 0.717) is 18.0 Å². The summed E-state index contributed by atoms with van der Waals surface area (Å²) in [5, 5.41) is 3.57. The minimum atomic E-state index is 0.349. The summed E-state index contributed by atoms with van der Waals surface area (Å²) in [5.41, 5.74) is 0. The van der Waals surface area contributed by atoms with Crippen LogP contribution in [0.15, 0.2) is 12.4 Å². The predicted octanol–water partition coefficient (Wildman–Crippen LogP) is 2.49. The Hall–Kier alpha value is -0.830. The quantitative estimate of drug-likeness (QED) is 0.758. The molecule has 0 spiro atoms. The summed E-state index contributed by atoms with van der Waals surface area (Å²) in [7, 11) is 0. The third-order valence-electron chi connectivity index (χ3n) is 2.72. The summed E-state index contributed by atoms with van der Waals surface area (Å²) in [5.74, 6) is 1.69. The third-order valence-corrected chi connectivity index (χ3v) is 2.72. The van der Waals surface area contributed by atoms with E-state index in [2.05, 4.69) is 43.0 Å². The van der Waals surface area contributed by atoms with E-state index in [4.69, 9.17) is 0 Å². The lowest BCUT2D eigenvalue weighted by atomic mass is 10.0. The van der Waals surface area contributed by atoms with E-state index in [1.54, 1.807) is 6.20 Å². The van der Waals surface area contributed by atoms with E-state index in [-0.39, 0.29) is 0 Å². The Kier molecular flexibility index (Phi) is 4.14. The molecular weight excluding hydrogens is 174 g/mol. The molecule has 2 atom stereocenters. The second-order valence-corrected chi connectivity index (χ2v) is 4.13. The monoisotopic (exact) mass is 195 g/mol. The van der Waals surface area contributed by atoms with Crippen LogP contribution in [-0.2, 0) is 0 Å². The first-order valence-electron chi connectivity index (χ1n) is 5.40. The van der Waals surface area contributed by atoms with Gasteiger partial charge >= 0.3 is 0 Å². The molecule has 1 aromatic rings. The Morgan fingerprint density at radius 3 is 2.57 bits per heavy atom. The number of aromatic amines is 1. The Balaban J connectivity index is 2.56. The fourth-order valence-electron chi connectivity index (χ4n) is 1.37. The smallest absolute Gasteiger partial charge is 0.123 e. The molecular formula is C11H21N3. The zero-order chi connectivity index (χ0) is 10.6. The average Bonchev–Trinajstić information content (AvgIpc) is 2.66. The molecule has 1 rings (SSSR count). The molecule has 1 aromatic heterocycles. The zero-order valence-corrected chi connectivity index (χ0v) is 9.54. The summed E-state index contributed by atoms with van der Waals surface area (Å²) in [6, 6.07) is 0.868. The van der Waals surface area contributed by atoms with Gasteiger partial charge in [-0.25, -0.2) is 4.98 Å². The van der Waals surface area contributed by atoms with Crippen LogP contribution in [0.1, 0.15) is 46.0 Å². The van der Waals surface area contributed by atoms with Gasteiger partial charge in [0.25, 0.3) is 0 Å². The minimum Gasteiger partial charge on any atom is -0.347 e. The first kappa shape index (κ1) is 11.2. The van der Waals surface area contributed by atoms with E-state index >= 15 is 0 Å². The lowest BCUT2D eigenvalue weighted by molar-refractivity contribution is 0.362. The molecule has 1 heterocycles. The van der Waals surface area contributed by atoms with Crippen LogP contribution in [0.2, 0.25) is 0 Å². The molecule has 2 N–H and O–H groups in total. The van der Waals surface area contributed by atoms with Gasteiger partial charge in [-0.15, -0.1) is 0 Å². The van der Waals surface area contributed by atoms with Crippen molar-refractivity contribution in [1.82, 2.24) is 15.3 Å². The van der Waals surface area contributed by atoms with Gasteiger partial charge in [0.05, 0.1) is 6.04 Å². The lowest BCUT2D eigenvalue weighted by Gasteiger charge is -2.23. The van der Waals surface area contributed by atoms with Crippen LogP contribution < -0.4 is 5.32 Å². The van der Waals surface area contributed by atoms with Gasteiger partial charge in [0.15, 0.2) is 0 Å². The zero-order valence-electron chi connectivity index (χ0n) is 9.54. The number of hydrogen-bond donors (Lipinski definition) is 2. The van der Waals surface area contributed by atoms with Gasteiger partial charge in [-0.1, -0.05) is 20.8 Å². The number of nitrogens with one attached hydrogen (secondary N) is 2. The Morgan fingerprint density at radius 2 is 2.14 bits per heavy atom. The molecule has 14 heavy (non-hydrogen) atoms. The standard InChI is InChI=1S/C11H21N3/c1-5-10(11-12-6-7-13-11)14-9(4)8(2)3/h6-10,14H,5H2,1-4H3,(H,12,13). The Bertz CT molecular complexity index is 241. The largest absolute Gasteiger partial charge is 0.347 e. The molecule has 0 bridgehead atoms. The maximum atomic E-state index is 4.28. The van der Waals surface area contributed by atoms with Crippen LogP contribution in [0.4, 0.5) is 0 Å². The molecule has 0 radical (unpaired) electrons.